The minimum Gasteiger partial charge on any atom is -0.494 e. The van der Waals surface area contributed by atoms with Crippen LogP contribution in [0.15, 0.2) is 33.5 Å². The van der Waals surface area contributed by atoms with E-state index in [4.69, 9.17) is 9.15 Å². The highest BCUT2D eigenvalue weighted by molar-refractivity contribution is 9.09. The van der Waals surface area contributed by atoms with Gasteiger partial charge in [0, 0.05) is 11.5 Å². The Hall–Kier alpha value is -1.62. The van der Waals surface area contributed by atoms with E-state index in [0.29, 0.717) is 23.3 Å². The molecule has 2 rings (SSSR count). The summed E-state index contributed by atoms with van der Waals surface area (Å²) in [6.07, 6.45) is 0. The number of ketones is 1. The molecule has 5 heteroatoms. The van der Waals surface area contributed by atoms with Crippen molar-refractivity contribution in [1.29, 1.82) is 0 Å². The molecule has 0 aliphatic rings. The summed E-state index contributed by atoms with van der Waals surface area (Å²) in [7, 11) is 0. The molecule has 0 radical (unpaired) electrons. The predicted molar refractivity (Wildman–Crippen MR) is 71.8 cm³/mol. The average molecular weight is 311 g/mol. The maximum absolute atomic E-state index is 11.7. The van der Waals surface area contributed by atoms with Gasteiger partial charge in [-0.1, -0.05) is 15.9 Å². The molecule has 4 nitrogen and oxygen atoms in total. The number of hydrogen-bond donors (Lipinski definition) is 0. The van der Waals surface area contributed by atoms with Crippen LogP contribution >= 0.6 is 15.9 Å². The van der Waals surface area contributed by atoms with Crippen molar-refractivity contribution in [3.05, 3.63) is 40.2 Å². The van der Waals surface area contributed by atoms with Crippen LogP contribution in [0.1, 0.15) is 17.3 Å². The number of hydrogen-bond acceptors (Lipinski definition) is 4. The van der Waals surface area contributed by atoms with E-state index in [2.05, 4.69) is 15.9 Å². The number of carbonyl (C=O) groups excluding carboxylic acids is 1. The van der Waals surface area contributed by atoms with Crippen molar-refractivity contribution in [2.24, 2.45) is 0 Å². The maximum Gasteiger partial charge on any atom is 0.347 e. The molecule has 0 saturated heterocycles. The molecule has 0 amide bonds. The number of fused-ring (bicyclic) bond motifs is 1. The Kier molecular flexibility index (Phi) is 3.81. The summed E-state index contributed by atoms with van der Waals surface area (Å²) >= 11 is 3.03. The van der Waals surface area contributed by atoms with E-state index in [-0.39, 0.29) is 16.7 Å². The Bertz CT molecular complexity index is 645. The summed E-state index contributed by atoms with van der Waals surface area (Å²) in [6.45, 7) is 2.41. The standard InChI is InChI=1S/C13H11BrO4/c1-2-17-9-4-3-8-5-10(11(15)7-14)13(16)18-12(8)6-9/h3-6H,2,7H2,1H3. The Morgan fingerprint density at radius 3 is 2.83 bits per heavy atom. The minimum absolute atomic E-state index is 0.0588. The summed E-state index contributed by atoms with van der Waals surface area (Å²) in [5, 5.41) is 0.794. The van der Waals surface area contributed by atoms with Crippen LogP contribution in [-0.2, 0) is 0 Å². The van der Waals surface area contributed by atoms with E-state index in [1.165, 1.54) is 0 Å². The average Bonchev–Trinajstić information content (AvgIpc) is 2.37. The molecule has 0 atom stereocenters. The highest BCUT2D eigenvalue weighted by Crippen LogP contribution is 2.20. The Morgan fingerprint density at radius 2 is 2.17 bits per heavy atom. The molecule has 0 aliphatic carbocycles. The van der Waals surface area contributed by atoms with Gasteiger partial charge in [0.1, 0.15) is 16.9 Å². The molecular weight excluding hydrogens is 300 g/mol. The molecule has 0 N–H and O–H groups in total. The third-order valence-corrected chi connectivity index (χ3v) is 2.95. The monoisotopic (exact) mass is 310 g/mol. The Labute approximate surface area is 112 Å². The van der Waals surface area contributed by atoms with Crippen LogP contribution in [-0.4, -0.2) is 17.7 Å². The number of carbonyl (C=O) groups is 1. The summed E-state index contributed by atoms with van der Waals surface area (Å²) < 4.78 is 10.4. The van der Waals surface area contributed by atoms with E-state index in [1.54, 1.807) is 24.3 Å². The van der Waals surface area contributed by atoms with Gasteiger partial charge in [-0.25, -0.2) is 4.79 Å². The lowest BCUT2D eigenvalue weighted by atomic mass is 10.1. The number of alkyl halides is 1. The fourth-order valence-corrected chi connectivity index (χ4v) is 1.92. The van der Waals surface area contributed by atoms with Crippen LogP contribution in [0.5, 0.6) is 5.75 Å². The second kappa shape index (κ2) is 5.35. The summed E-state index contributed by atoms with van der Waals surface area (Å²) in [6, 6.07) is 6.71. The van der Waals surface area contributed by atoms with Gasteiger partial charge in [0.2, 0.25) is 0 Å². The Morgan fingerprint density at radius 1 is 1.39 bits per heavy atom. The molecule has 0 spiro atoms. The van der Waals surface area contributed by atoms with Crippen molar-refractivity contribution in [3.63, 3.8) is 0 Å². The second-order valence-corrected chi connectivity index (χ2v) is 4.20. The van der Waals surface area contributed by atoms with Crippen LogP contribution < -0.4 is 10.4 Å². The number of benzene rings is 1. The van der Waals surface area contributed by atoms with Crippen molar-refractivity contribution < 1.29 is 13.9 Å². The van der Waals surface area contributed by atoms with Gasteiger partial charge in [0.25, 0.3) is 0 Å². The molecule has 94 valence electrons. The smallest absolute Gasteiger partial charge is 0.347 e. The minimum atomic E-state index is -0.624. The first-order valence-corrected chi connectivity index (χ1v) is 6.57. The molecule has 0 saturated carbocycles. The molecule has 1 aromatic carbocycles. The third-order valence-electron chi connectivity index (χ3n) is 2.44. The first-order chi connectivity index (χ1) is 8.65. The predicted octanol–water partition coefficient (Wildman–Crippen LogP) is 2.77. The largest absolute Gasteiger partial charge is 0.494 e. The van der Waals surface area contributed by atoms with E-state index in [1.807, 2.05) is 6.92 Å². The van der Waals surface area contributed by atoms with Crippen molar-refractivity contribution in [2.45, 2.75) is 6.92 Å². The topological polar surface area (TPSA) is 56.5 Å². The zero-order chi connectivity index (χ0) is 13.1. The molecule has 0 fully saturated rings. The van der Waals surface area contributed by atoms with E-state index < -0.39 is 5.63 Å². The van der Waals surface area contributed by atoms with Crippen molar-refractivity contribution in [1.82, 2.24) is 0 Å². The van der Waals surface area contributed by atoms with Crippen molar-refractivity contribution in [2.75, 3.05) is 11.9 Å². The Balaban J connectivity index is 2.57. The van der Waals surface area contributed by atoms with Crippen LogP contribution in [0, 0.1) is 0 Å². The normalized spacial score (nSPS) is 10.6. The molecule has 0 aliphatic heterocycles. The molecule has 2 aromatic rings. The fraction of sp³-hybridized carbons (Fsp3) is 0.231. The molecular formula is C13H11BrO4. The molecule has 18 heavy (non-hydrogen) atoms. The van der Waals surface area contributed by atoms with Crippen molar-refractivity contribution >= 4 is 32.7 Å². The van der Waals surface area contributed by atoms with Crippen molar-refractivity contribution in [3.8, 4) is 5.75 Å². The van der Waals surface area contributed by atoms with Crippen LogP contribution in [0.25, 0.3) is 11.0 Å². The van der Waals surface area contributed by atoms with Crippen LogP contribution in [0.4, 0.5) is 0 Å². The zero-order valence-corrected chi connectivity index (χ0v) is 11.3. The van der Waals surface area contributed by atoms with Gasteiger partial charge in [-0.05, 0) is 25.1 Å². The SMILES string of the molecule is CCOc1ccc2cc(C(=O)CBr)c(=O)oc2c1. The summed E-state index contributed by atoms with van der Waals surface area (Å²) in [5.74, 6) is 0.340. The number of rotatable bonds is 4. The van der Waals surface area contributed by atoms with Gasteiger partial charge in [0.05, 0.1) is 11.9 Å². The van der Waals surface area contributed by atoms with Gasteiger partial charge in [-0.2, -0.15) is 0 Å². The fourth-order valence-electron chi connectivity index (χ4n) is 1.61. The highest BCUT2D eigenvalue weighted by Gasteiger charge is 2.12. The number of ether oxygens (including phenoxy) is 1. The molecule has 1 heterocycles. The van der Waals surface area contributed by atoms with Crippen LogP contribution in [0.3, 0.4) is 0 Å². The quantitative estimate of drug-likeness (QED) is 0.495. The highest BCUT2D eigenvalue weighted by atomic mass is 79.9. The van der Waals surface area contributed by atoms with Crippen LogP contribution in [0.2, 0.25) is 0 Å². The zero-order valence-electron chi connectivity index (χ0n) is 9.73. The van der Waals surface area contributed by atoms with Gasteiger partial charge in [-0.15, -0.1) is 0 Å². The van der Waals surface area contributed by atoms with Gasteiger partial charge in [0.15, 0.2) is 5.78 Å². The van der Waals surface area contributed by atoms with E-state index in [9.17, 15) is 9.59 Å². The lowest BCUT2D eigenvalue weighted by Crippen LogP contribution is -2.14. The number of halogens is 1. The first-order valence-electron chi connectivity index (χ1n) is 5.45. The molecule has 0 unspecified atom stereocenters. The molecule has 0 bridgehead atoms. The van der Waals surface area contributed by atoms with Gasteiger partial charge >= 0.3 is 5.63 Å². The van der Waals surface area contributed by atoms with Gasteiger partial charge in [-0.3, -0.25) is 4.79 Å². The summed E-state index contributed by atoms with van der Waals surface area (Å²) in [5.41, 5.74) is -0.152. The third kappa shape index (κ3) is 2.46. The van der Waals surface area contributed by atoms with E-state index >= 15 is 0 Å². The maximum atomic E-state index is 11.7. The molecule has 1 aromatic heterocycles. The lowest BCUT2D eigenvalue weighted by Gasteiger charge is -2.04. The first kappa shape index (κ1) is 12.8. The van der Waals surface area contributed by atoms with E-state index in [0.717, 1.165) is 0 Å². The summed E-state index contributed by atoms with van der Waals surface area (Å²) in [4.78, 5) is 23.2. The van der Waals surface area contributed by atoms with Gasteiger partial charge < -0.3 is 9.15 Å². The second-order valence-electron chi connectivity index (χ2n) is 3.64. The number of Topliss-reactive ketones (excluding diaryl/α,β-unsaturated/α-hetero) is 1. The lowest BCUT2D eigenvalue weighted by molar-refractivity contribution is 0.102.